The summed E-state index contributed by atoms with van der Waals surface area (Å²) in [5, 5.41) is 0.864. The Morgan fingerprint density at radius 3 is 2.48 bits per heavy atom. The molecule has 0 radical (unpaired) electrons. The Kier molecular flexibility index (Phi) is 4.91. The van der Waals surface area contributed by atoms with Crippen LogP contribution in [-0.4, -0.2) is 18.9 Å². The van der Waals surface area contributed by atoms with Crippen molar-refractivity contribution in [3.63, 3.8) is 0 Å². The van der Waals surface area contributed by atoms with Crippen LogP contribution in [0, 0.1) is 13.8 Å². The number of hydrogen-bond donors (Lipinski definition) is 1. The van der Waals surface area contributed by atoms with E-state index in [1.807, 2.05) is 57.2 Å². The first-order valence-corrected chi connectivity index (χ1v) is 8.56. The second kappa shape index (κ2) is 7.11. The van der Waals surface area contributed by atoms with Crippen LogP contribution in [0.25, 0.3) is 11.0 Å². The van der Waals surface area contributed by atoms with Crippen molar-refractivity contribution in [1.82, 2.24) is 0 Å². The third-order valence-corrected chi connectivity index (χ3v) is 4.30. The zero-order valence-corrected chi connectivity index (χ0v) is 14.9. The summed E-state index contributed by atoms with van der Waals surface area (Å²) in [6.45, 7) is 6.81. The van der Waals surface area contributed by atoms with E-state index in [0.29, 0.717) is 30.7 Å². The van der Waals surface area contributed by atoms with E-state index >= 15 is 0 Å². The van der Waals surface area contributed by atoms with E-state index in [1.165, 1.54) is 0 Å². The monoisotopic (exact) mass is 337 g/mol. The summed E-state index contributed by atoms with van der Waals surface area (Å²) in [7, 11) is 0. The molecule has 25 heavy (non-hydrogen) atoms. The van der Waals surface area contributed by atoms with Gasteiger partial charge in [0.25, 0.3) is 0 Å². The first-order chi connectivity index (χ1) is 12.1. The number of rotatable bonds is 6. The van der Waals surface area contributed by atoms with Gasteiger partial charge in [0.05, 0.1) is 5.56 Å². The van der Waals surface area contributed by atoms with Crippen molar-refractivity contribution < 1.29 is 13.9 Å². The molecule has 1 aromatic heterocycles. The van der Waals surface area contributed by atoms with Crippen molar-refractivity contribution in [1.29, 1.82) is 0 Å². The van der Waals surface area contributed by atoms with E-state index in [-0.39, 0.29) is 5.78 Å². The lowest BCUT2D eigenvalue weighted by atomic mass is 9.96. The number of fused-ring (bicyclic) bond motifs is 1. The van der Waals surface area contributed by atoms with Crippen LogP contribution in [0.1, 0.15) is 39.7 Å². The molecule has 0 saturated heterocycles. The predicted molar refractivity (Wildman–Crippen MR) is 99.5 cm³/mol. The molecule has 130 valence electrons. The van der Waals surface area contributed by atoms with Crippen molar-refractivity contribution in [3.8, 4) is 5.75 Å². The lowest BCUT2D eigenvalue weighted by Crippen LogP contribution is -2.12. The molecule has 0 spiro atoms. The molecular formula is C21H23NO3. The summed E-state index contributed by atoms with van der Waals surface area (Å²) in [6.07, 6.45) is 0.672. The highest BCUT2D eigenvalue weighted by atomic mass is 16.5. The summed E-state index contributed by atoms with van der Waals surface area (Å²) < 4.78 is 11.6. The smallest absolute Gasteiger partial charge is 0.197 e. The van der Waals surface area contributed by atoms with Gasteiger partial charge in [0.15, 0.2) is 5.78 Å². The molecule has 0 bridgehead atoms. The van der Waals surface area contributed by atoms with E-state index in [4.69, 9.17) is 14.9 Å². The van der Waals surface area contributed by atoms with Crippen LogP contribution < -0.4 is 10.5 Å². The van der Waals surface area contributed by atoms with E-state index in [2.05, 4.69) is 0 Å². The minimum atomic E-state index is -0.0154. The molecule has 3 aromatic rings. The van der Waals surface area contributed by atoms with Crippen molar-refractivity contribution >= 4 is 16.8 Å². The number of benzene rings is 2. The molecule has 0 amide bonds. The van der Waals surface area contributed by atoms with Gasteiger partial charge in [-0.25, -0.2) is 0 Å². The fraction of sp³-hybridized carbons (Fsp3) is 0.286. The molecule has 0 aliphatic rings. The highest BCUT2D eigenvalue weighted by Gasteiger charge is 2.22. The highest BCUT2D eigenvalue weighted by molar-refractivity contribution is 6.17. The first-order valence-electron chi connectivity index (χ1n) is 8.56. The predicted octanol–water partition coefficient (Wildman–Crippen LogP) is 4.18. The number of aryl methyl sites for hydroxylation is 3. The molecule has 0 aliphatic heterocycles. The number of nitrogens with two attached hydrogens (primary N) is 1. The van der Waals surface area contributed by atoms with Gasteiger partial charge < -0.3 is 14.9 Å². The number of ether oxygens (including phenoxy) is 1. The lowest BCUT2D eigenvalue weighted by Gasteiger charge is -2.13. The highest BCUT2D eigenvalue weighted by Crippen LogP contribution is 2.31. The Morgan fingerprint density at radius 2 is 1.84 bits per heavy atom. The molecular weight excluding hydrogens is 314 g/mol. The molecule has 2 aromatic carbocycles. The number of furan rings is 1. The Hall–Kier alpha value is -2.59. The van der Waals surface area contributed by atoms with Crippen LogP contribution in [0.2, 0.25) is 0 Å². The second-order valence-electron chi connectivity index (χ2n) is 6.16. The molecule has 0 aliphatic carbocycles. The quantitative estimate of drug-likeness (QED) is 0.685. The first kappa shape index (κ1) is 17.2. The van der Waals surface area contributed by atoms with Gasteiger partial charge in [0.2, 0.25) is 0 Å². The van der Waals surface area contributed by atoms with Gasteiger partial charge in [-0.15, -0.1) is 0 Å². The minimum absolute atomic E-state index is 0.0154. The molecule has 0 atom stereocenters. The van der Waals surface area contributed by atoms with Gasteiger partial charge in [-0.2, -0.15) is 0 Å². The standard InChI is InChI=1S/C21H23NO3/c1-4-17-19(16-7-5-6-8-18(16)25-17)20(23)15-11-13(2)21(14(3)12-15)24-10-9-22/h5-8,11-12H,4,9-10,22H2,1-3H3. The number of carbonyl (C=O) groups excluding carboxylic acids is 1. The van der Waals surface area contributed by atoms with E-state index < -0.39 is 0 Å². The maximum atomic E-state index is 13.2. The summed E-state index contributed by atoms with van der Waals surface area (Å²) in [5.41, 5.74) is 9.44. The van der Waals surface area contributed by atoms with Gasteiger partial charge in [0, 0.05) is 23.9 Å². The maximum Gasteiger partial charge on any atom is 0.197 e. The third-order valence-electron chi connectivity index (χ3n) is 4.30. The van der Waals surface area contributed by atoms with Crippen molar-refractivity contribution in [2.75, 3.05) is 13.2 Å². The second-order valence-corrected chi connectivity index (χ2v) is 6.16. The Morgan fingerprint density at radius 1 is 1.16 bits per heavy atom. The van der Waals surface area contributed by atoms with Crippen LogP contribution in [0.5, 0.6) is 5.75 Å². The molecule has 0 saturated carbocycles. The summed E-state index contributed by atoms with van der Waals surface area (Å²) in [5.74, 6) is 1.51. The zero-order valence-electron chi connectivity index (χ0n) is 14.9. The summed E-state index contributed by atoms with van der Waals surface area (Å²) in [4.78, 5) is 13.2. The van der Waals surface area contributed by atoms with Gasteiger partial charge >= 0.3 is 0 Å². The lowest BCUT2D eigenvalue weighted by molar-refractivity contribution is 0.103. The molecule has 2 N–H and O–H groups in total. The maximum absolute atomic E-state index is 13.2. The largest absolute Gasteiger partial charge is 0.492 e. The van der Waals surface area contributed by atoms with Crippen LogP contribution in [-0.2, 0) is 6.42 Å². The molecule has 0 unspecified atom stereocenters. The number of hydrogen-bond acceptors (Lipinski definition) is 4. The van der Waals surface area contributed by atoms with Crippen LogP contribution in [0.3, 0.4) is 0 Å². The molecule has 3 rings (SSSR count). The topological polar surface area (TPSA) is 65.5 Å². The van der Waals surface area contributed by atoms with Gasteiger partial charge in [-0.1, -0.05) is 25.1 Å². The van der Waals surface area contributed by atoms with Crippen molar-refractivity contribution in [2.45, 2.75) is 27.2 Å². The molecule has 4 nitrogen and oxygen atoms in total. The number of ketones is 1. The van der Waals surface area contributed by atoms with Gasteiger partial charge in [-0.05, 0) is 43.2 Å². The zero-order chi connectivity index (χ0) is 18.0. The number of para-hydroxylation sites is 1. The van der Waals surface area contributed by atoms with E-state index in [1.54, 1.807) is 0 Å². The van der Waals surface area contributed by atoms with Crippen LogP contribution >= 0.6 is 0 Å². The molecule has 4 heteroatoms. The van der Waals surface area contributed by atoms with Crippen LogP contribution in [0.4, 0.5) is 0 Å². The average molecular weight is 337 g/mol. The Balaban J connectivity index is 2.07. The fourth-order valence-electron chi connectivity index (χ4n) is 3.21. The Labute approximate surface area is 147 Å². The van der Waals surface area contributed by atoms with Gasteiger partial charge in [-0.3, -0.25) is 4.79 Å². The average Bonchev–Trinajstić information content (AvgIpc) is 2.98. The van der Waals surface area contributed by atoms with Crippen LogP contribution in [0.15, 0.2) is 40.8 Å². The summed E-state index contributed by atoms with van der Waals surface area (Å²) in [6, 6.07) is 11.4. The van der Waals surface area contributed by atoms with Gasteiger partial charge in [0.1, 0.15) is 23.7 Å². The molecule has 0 fully saturated rings. The normalized spacial score (nSPS) is 11.0. The van der Waals surface area contributed by atoms with Crippen molar-refractivity contribution in [3.05, 3.63) is 64.4 Å². The SMILES string of the molecule is CCc1oc2ccccc2c1C(=O)c1cc(C)c(OCCN)c(C)c1. The molecule has 1 heterocycles. The summed E-state index contributed by atoms with van der Waals surface area (Å²) >= 11 is 0. The third kappa shape index (κ3) is 3.17. The minimum Gasteiger partial charge on any atom is -0.492 e. The van der Waals surface area contributed by atoms with Crippen molar-refractivity contribution in [2.24, 2.45) is 5.73 Å². The van der Waals surface area contributed by atoms with E-state index in [0.717, 1.165) is 33.6 Å². The van der Waals surface area contributed by atoms with E-state index in [9.17, 15) is 4.79 Å². The Bertz CT molecular complexity index is 901. The fourth-order valence-corrected chi connectivity index (χ4v) is 3.21. The number of carbonyl (C=O) groups is 1.